The summed E-state index contributed by atoms with van der Waals surface area (Å²) in [5.41, 5.74) is 1.34. The third-order valence-corrected chi connectivity index (χ3v) is 4.87. The number of carbonyl (C=O) groups is 1. The van der Waals surface area contributed by atoms with E-state index < -0.39 is 17.3 Å². The fourth-order valence-electron chi connectivity index (χ4n) is 3.25. The predicted molar refractivity (Wildman–Crippen MR) is 124 cm³/mol. The van der Waals surface area contributed by atoms with Gasteiger partial charge in [-0.15, -0.1) is 0 Å². The number of aromatic hydroxyl groups is 1. The van der Waals surface area contributed by atoms with Gasteiger partial charge in [0.2, 0.25) is 5.88 Å². The van der Waals surface area contributed by atoms with Crippen molar-refractivity contribution >= 4 is 41.2 Å². The highest BCUT2D eigenvalue weighted by molar-refractivity contribution is 6.21. The Morgan fingerprint density at radius 1 is 1.30 bits per heavy atom. The Morgan fingerprint density at radius 3 is 2.79 bits per heavy atom. The number of benzene rings is 1. The maximum atomic E-state index is 11.8. The number of carboxylic acids is 1. The maximum absolute atomic E-state index is 11.8. The average Bonchev–Trinajstić information content (AvgIpc) is 3.29. The molecule has 0 atom stereocenters. The van der Waals surface area contributed by atoms with Crippen LogP contribution in [-0.2, 0) is 0 Å². The Morgan fingerprint density at radius 2 is 2.09 bits per heavy atom. The second-order valence-corrected chi connectivity index (χ2v) is 8.26. The standard InChI is InChI=1S/C24H23N3O6/c1-13-9-15(32-12-24(2,3)31)6-7-17(13)27-22-19(23(29)30)20(28)18(33-22)10-14-11-26-21-16(14)5-4-8-25-21/h4-11,27-28,31H,12H2,1-3H3,(H,29,30). The lowest BCUT2D eigenvalue weighted by Crippen LogP contribution is -2.27. The molecule has 3 aromatic rings. The van der Waals surface area contributed by atoms with E-state index in [-0.39, 0.29) is 23.8 Å². The average molecular weight is 449 g/mol. The molecule has 33 heavy (non-hydrogen) atoms. The molecule has 1 aliphatic heterocycles. The van der Waals surface area contributed by atoms with E-state index in [1.807, 2.05) is 13.0 Å². The maximum Gasteiger partial charge on any atom is 0.345 e. The van der Waals surface area contributed by atoms with Crippen LogP contribution < -0.4 is 10.1 Å². The SMILES string of the molecule is Cc1cc(OCC(C)(C)O)ccc1Nc1oc(C=C2C=Nc3ncccc32)c(O)c1C(=O)O. The molecule has 0 amide bonds. The Hall–Kier alpha value is -4.11. The Balaban J connectivity index is 1.64. The number of aryl methyl sites for hydroxylation is 1. The number of carboxylic acid groups (broad SMARTS) is 1. The Labute approximate surface area is 189 Å². The van der Waals surface area contributed by atoms with Gasteiger partial charge in [-0.05, 0) is 62.7 Å². The molecule has 4 rings (SSSR count). The molecule has 9 heteroatoms. The zero-order valence-electron chi connectivity index (χ0n) is 18.3. The van der Waals surface area contributed by atoms with Crippen LogP contribution in [0.1, 0.15) is 41.1 Å². The summed E-state index contributed by atoms with van der Waals surface area (Å²) in [6.07, 6.45) is 4.71. The van der Waals surface area contributed by atoms with Crippen LogP contribution in [-0.4, -0.2) is 44.7 Å². The van der Waals surface area contributed by atoms with Crippen molar-refractivity contribution < 1.29 is 29.3 Å². The van der Waals surface area contributed by atoms with Crippen LogP contribution in [0.3, 0.4) is 0 Å². The number of anilines is 2. The number of nitrogens with zero attached hydrogens (tertiary/aromatic N) is 2. The zero-order valence-corrected chi connectivity index (χ0v) is 18.3. The normalized spacial score (nSPS) is 13.9. The number of ether oxygens (including phenoxy) is 1. The van der Waals surface area contributed by atoms with Gasteiger partial charge in [-0.3, -0.25) is 0 Å². The van der Waals surface area contributed by atoms with Gasteiger partial charge in [0.15, 0.2) is 22.9 Å². The fourth-order valence-corrected chi connectivity index (χ4v) is 3.25. The van der Waals surface area contributed by atoms with Gasteiger partial charge in [0.1, 0.15) is 12.4 Å². The number of hydrogen-bond acceptors (Lipinski definition) is 8. The number of hydrogen-bond donors (Lipinski definition) is 4. The number of nitrogens with one attached hydrogen (secondary N) is 1. The van der Waals surface area contributed by atoms with E-state index >= 15 is 0 Å². The summed E-state index contributed by atoms with van der Waals surface area (Å²) >= 11 is 0. The molecule has 0 radical (unpaired) electrons. The van der Waals surface area contributed by atoms with Crippen LogP contribution in [0, 0.1) is 6.92 Å². The monoisotopic (exact) mass is 449 g/mol. The van der Waals surface area contributed by atoms with Crippen molar-refractivity contribution in [2.24, 2.45) is 4.99 Å². The molecule has 0 saturated heterocycles. The lowest BCUT2D eigenvalue weighted by molar-refractivity contribution is 0.0284. The smallest absolute Gasteiger partial charge is 0.345 e. The van der Waals surface area contributed by atoms with E-state index in [2.05, 4.69) is 15.3 Å². The predicted octanol–water partition coefficient (Wildman–Crippen LogP) is 4.54. The van der Waals surface area contributed by atoms with E-state index in [0.29, 0.717) is 22.8 Å². The van der Waals surface area contributed by atoms with Crippen LogP contribution >= 0.6 is 0 Å². The van der Waals surface area contributed by atoms with E-state index in [4.69, 9.17) is 9.15 Å². The molecule has 0 bridgehead atoms. The first-order chi connectivity index (χ1) is 15.6. The molecule has 2 aromatic heterocycles. The van der Waals surface area contributed by atoms with E-state index in [0.717, 1.165) is 11.1 Å². The summed E-state index contributed by atoms with van der Waals surface area (Å²) in [7, 11) is 0. The minimum atomic E-state index is -1.34. The summed E-state index contributed by atoms with van der Waals surface area (Å²) < 4.78 is 11.3. The second-order valence-electron chi connectivity index (χ2n) is 8.26. The molecule has 0 fully saturated rings. The summed E-state index contributed by atoms with van der Waals surface area (Å²) in [5, 5.41) is 33.0. The lowest BCUT2D eigenvalue weighted by Gasteiger charge is -2.18. The molecule has 9 nitrogen and oxygen atoms in total. The highest BCUT2D eigenvalue weighted by Crippen LogP contribution is 2.39. The van der Waals surface area contributed by atoms with Gasteiger partial charge in [0, 0.05) is 29.2 Å². The first-order valence-electron chi connectivity index (χ1n) is 10.2. The van der Waals surface area contributed by atoms with Gasteiger partial charge in [-0.25, -0.2) is 14.8 Å². The van der Waals surface area contributed by atoms with Crippen molar-refractivity contribution in [3.63, 3.8) is 0 Å². The van der Waals surface area contributed by atoms with Crippen LogP contribution in [0.15, 0.2) is 45.9 Å². The number of aliphatic hydroxyl groups is 1. The lowest BCUT2D eigenvalue weighted by atomic mass is 10.1. The molecule has 0 aliphatic carbocycles. The molecule has 1 aromatic carbocycles. The number of aliphatic imine (C=N–C) groups is 1. The van der Waals surface area contributed by atoms with Gasteiger partial charge in [0.05, 0.1) is 5.60 Å². The molecule has 3 heterocycles. The first kappa shape index (κ1) is 22.1. The van der Waals surface area contributed by atoms with E-state index in [1.165, 1.54) is 6.08 Å². The van der Waals surface area contributed by atoms with Gasteiger partial charge in [0.25, 0.3) is 0 Å². The highest BCUT2D eigenvalue weighted by Gasteiger charge is 2.26. The van der Waals surface area contributed by atoms with E-state index in [9.17, 15) is 20.1 Å². The second kappa shape index (κ2) is 8.44. The number of rotatable bonds is 7. The van der Waals surface area contributed by atoms with Crippen molar-refractivity contribution in [2.75, 3.05) is 11.9 Å². The van der Waals surface area contributed by atoms with E-state index in [1.54, 1.807) is 50.5 Å². The number of furan rings is 1. The number of pyridine rings is 1. The number of allylic oxidation sites excluding steroid dienone is 1. The molecule has 0 saturated carbocycles. The Bertz CT molecular complexity index is 1280. The topological polar surface area (TPSA) is 137 Å². The Kier molecular flexibility index (Phi) is 5.65. The zero-order chi connectivity index (χ0) is 23.8. The largest absolute Gasteiger partial charge is 0.504 e. The first-order valence-corrected chi connectivity index (χ1v) is 10.2. The third-order valence-electron chi connectivity index (χ3n) is 4.87. The van der Waals surface area contributed by atoms with Crippen LogP contribution in [0.5, 0.6) is 11.5 Å². The third kappa shape index (κ3) is 4.73. The van der Waals surface area contributed by atoms with Crippen molar-refractivity contribution in [2.45, 2.75) is 26.4 Å². The molecule has 1 aliphatic rings. The summed E-state index contributed by atoms with van der Waals surface area (Å²) in [6, 6.07) is 8.72. The molecule has 0 unspecified atom stereocenters. The van der Waals surface area contributed by atoms with Gasteiger partial charge in [-0.1, -0.05) is 0 Å². The van der Waals surface area contributed by atoms with Crippen molar-refractivity contribution in [1.29, 1.82) is 0 Å². The molecule has 4 N–H and O–H groups in total. The number of fused-ring (bicyclic) bond motifs is 1. The number of aromatic nitrogens is 1. The van der Waals surface area contributed by atoms with Crippen LogP contribution in [0.25, 0.3) is 11.6 Å². The summed E-state index contributed by atoms with van der Waals surface area (Å²) in [5.74, 6) is -0.870. The molecular formula is C24H23N3O6. The number of aromatic carboxylic acids is 1. The van der Waals surface area contributed by atoms with Crippen molar-refractivity contribution in [1.82, 2.24) is 4.98 Å². The summed E-state index contributed by atoms with van der Waals surface area (Å²) in [4.78, 5) is 20.2. The molecule has 170 valence electrons. The quantitative estimate of drug-likeness (QED) is 0.413. The van der Waals surface area contributed by atoms with Gasteiger partial charge in [-0.2, -0.15) is 0 Å². The minimum Gasteiger partial charge on any atom is -0.504 e. The highest BCUT2D eigenvalue weighted by atomic mass is 16.5. The molecular weight excluding hydrogens is 426 g/mol. The summed E-state index contributed by atoms with van der Waals surface area (Å²) in [6.45, 7) is 5.22. The minimum absolute atomic E-state index is 0.0177. The van der Waals surface area contributed by atoms with Crippen LogP contribution in [0.4, 0.5) is 17.4 Å². The van der Waals surface area contributed by atoms with Crippen molar-refractivity contribution in [3.05, 3.63) is 59.0 Å². The molecule has 0 spiro atoms. The van der Waals surface area contributed by atoms with Gasteiger partial charge < -0.3 is 29.8 Å². The van der Waals surface area contributed by atoms with Crippen LogP contribution in [0.2, 0.25) is 0 Å². The fraction of sp³-hybridized carbons (Fsp3) is 0.208. The van der Waals surface area contributed by atoms with Crippen molar-refractivity contribution in [3.8, 4) is 11.5 Å². The van der Waals surface area contributed by atoms with Gasteiger partial charge >= 0.3 is 5.97 Å².